The molecule has 0 amide bonds. The van der Waals surface area contributed by atoms with E-state index in [0.29, 0.717) is 0 Å². The second-order valence-electron chi connectivity index (χ2n) is 6.55. The minimum Gasteiger partial charge on any atom is -0.478 e. The van der Waals surface area contributed by atoms with Crippen molar-refractivity contribution in [3.63, 3.8) is 0 Å². The van der Waals surface area contributed by atoms with E-state index >= 15 is 0 Å². The lowest BCUT2D eigenvalue weighted by molar-refractivity contribution is 0.0695. The molecule has 0 fully saturated rings. The van der Waals surface area contributed by atoms with Gasteiger partial charge in [-0.3, -0.25) is 4.79 Å². The number of nitrogens with two attached hydrogens (primary N) is 1. The lowest BCUT2D eigenvalue weighted by Crippen LogP contribution is -2.24. The first-order valence-corrected chi connectivity index (χ1v) is 7.65. The molecule has 1 aromatic heterocycles. The summed E-state index contributed by atoms with van der Waals surface area (Å²) >= 11 is 6.20. The number of H-pyrrole nitrogens is 1. The molecule has 1 heterocycles. The van der Waals surface area contributed by atoms with Crippen molar-refractivity contribution in [2.45, 2.75) is 26.2 Å². The van der Waals surface area contributed by atoms with Crippen LogP contribution in [0.25, 0.3) is 11.1 Å². The fourth-order valence-electron chi connectivity index (χ4n) is 2.50. The van der Waals surface area contributed by atoms with Gasteiger partial charge in [-0.05, 0) is 23.1 Å². The topological polar surface area (TPSA) is 133 Å². The van der Waals surface area contributed by atoms with E-state index in [1.165, 1.54) is 6.07 Å². The Balaban J connectivity index is 3.03. The summed E-state index contributed by atoms with van der Waals surface area (Å²) < 4.78 is 0. The molecule has 0 aliphatic carbocycles. The van der Waals surface area contributed by atoms with E-state index in [1.54, 1.807) is 12.1 Å². The van der Waals surface area contributed by atoms with Crippen LogP contribution in [-0.2, 0) is 5.41 Å². The van der Waals surface area contributed by atoms with Gasteiger partial charge in [0.15, 0.2) is 0 Å². The number of halogens is 1. The number of pyridine rings is 1. The lowest BCUT2D eigenvalue weighted by Gasteiger charge is -2.21. The maximum atomic E-state index is 12.1. The second-order valence-corrected chi connectivity index (χ2v) is 6.95. The summed E-state index contributed by atoms with van der Waals surface area (Å²) in [5.74, 6) is -3.48. The molecule has 0 atom stereocenters. The zero-order valence-corrected chi connectivity index (χ0v) is 14.6. The third-order valence-corrected chi connectivity index (χ3v) is 4.10. The van der Waals surface area contributed by atoms with Crippen LogP contribution in [0.15, 0.2) is 23.0 Å². The fourth-order valence-corrected chi connectivity index (χ4v) is 2.71. The summed E-state index contributed by atoms with van der Waals surface area (Å²) in [6.07, 6.45) is 0. The molecule has 0 aliphatic rings. The first-order chi connectivity index (χ1) is 11.4. The number of aromatic amines is 1. The van der Waals surface area contributed by atoms with Gasteiger partial charge in [-0.2, -0.15) is 0 Å². The van der Waals surface area contributed by atoms with Gasteiger partial charge in [0.1, 0.15) is 16.9 Å². The molecule has 0 radical (unpaired) electrons. The molecule has 0 spiro atoms. The standard InChI is InChI=1S/C17H17ClN2O5/c1-17(2,3)7-4-5-9(18)8(6-7)10-11(15(22)23)13(19)20-14(21)12(10)16(24)25/h4-6H,1-3H3,(H,22,23)(H,24,25)(H3,19,20,21). The van der Waals surface area contributed by atoms with Gasteiger partial charge >= 0.3 is 11.9 Å². The van der Waals surface area contributed by atoms with Crippen LogP contribution in [0, 0.1) is 0 Å². The highest BCUT2D eigenvalue weighted by molar-refractivity contribution is 6.34. The lowest BCUT2D eigenvalue weighted by atomic mass is 9.84. The minimum absolute atomic E-state index is 0.114. The number of nitrogen functional groups attached to an aromatic ring is 1. The van der Waals surface area contributed by atoms with Gasteiger partial charge in [0.25, 0.3) is 5.56 Å². The average Bonchev–Trinajstić information content (AvgIpc) is 2.44. The molecule has 25 heavy (non-hydrogen) atoms. The summed E-state index contributed by atoms with van der Waals surface area (Å²) in [7, 11) is 0. The van der Waals surface area contributed by atoms with Crippen LogP contribution in [-0.4, -0.2) is 27.1 Å². The Morgan fingerprint density at radius 1 is 1.12 bits per heavy atom. The Hall–Kier alpha value is -2.80. The van der Waals surface area contributed by atoms with Crippen LogP contribution in [0.3, 0.4) is 0 Å². The Morgan fingerprint density at radius 3 is 2.16 bits per heavy atom. The zero-order valence-electron chi connectivity index (χ0n) is 13.8. The molecule has 132 valence electrons. The van der Waals surface area contributed by atoms with E-state index in [4.69, 9.17) is 17.3 Å². The van der Waals surface area contributed by atoms with Gasteiger partial charge in [-0.1, -0.05) is 38.4 Å². The number of carbonyl (C=O) groups is 2. The van der Waals surface area contributed by atoms with Crippen LogP contribution >= 0.6 is 11.6 Å². The Morgan fingerprint density at radius 2 is 1.68 bits per heavy atom. The van der Waals surface area contributed by atoms with Gasteiger partial charge in [0, 0.05) is 16.1 Å². The van der Waals surface area contributed by atoms with Crippen LogP contribution < -0.4 is 11.3 Å². The van der Waals surface area contributed by atoms with Crippen LogP contribution in [0.2, 0.25) is 5.02 Å². The molecule has 0 bridgehead atoms. The van der Waals surface area contributed by atoms with Crippen molar-refractivity contribution < 1.29 is 19.8 Å². The number of carboxylic acids is 2. The Bertz CT molecular complexity index is 941. The van der Waals surface area contributed by atoms with Crippen LogP contribution in [0.1, 0.15) is 47.1 Å². The van der Waals surface area contributed by atoms with E-state index in [-0.39, 0.29) is 21.6 Å². The van der Waals surface area contributed by atoms with Crippen LogP contribution in [0.4, 0.5) is 5.82 Å². The number of anilines is 1. The number of carboxylic acid groups (broad SMARTS) is 2. The molecular weight excluding hydrogens is 348 g/mol. The largest absolute Gasteiger partial charge is 0.478 e. The number of aromatic nitrogens is 1. The van der Waals surface area contributed by atoms with Gasteiger partial charge in [0.2, 0.25) is 0 Å². The van der Waals surface area contributed by atoms with Crippen molar-refractivity contribution in [3.8, 4) is 11.1 Å². The van der Waals surface area contributed by atoms with Crippen molar-refractivity contribution in [2.75, 3.05) is 5.73 Å². The molecule has 1 aromatic carbocycles. The molecule has 2 rings (SSSR count). The van der Waals surface area contributed by atoms with E-state index in [0.717, 1.165) is 5.56 Å². The summed E-state index contributed by atoms with van der Waals surface area (Å²) in [6.45, 7) is 5.80. The number of benzene rings is 1. The van der Waals surface area contributed by atoms with Crippen molar-refractivity contribution in [1.82, 2.24) is 4.98 Å². The number of nitrogens with one attached hydrogen (secondary N) is 1. The third-order valence-electron chi connectivity index (χ3n) is 3.77. The van der Waals surface area contributed by atoms with E-state index < -0.39 is 34.4 Å². The maximum Gasteiger partial charge on any atom is 0.342 e. The Kier molecular flexibility index (Phi) is 4.64. The van der Waals surface area contributed by atoms with Crippen molar-refractivity contribution >= 4 is 29.4 Å². The number of hydrogen-bond acceptors (Lipinski definition) is 4. The quantitative estimate of drug-likeness (QED) is 0.661. The molecule has 0 saturated carbocycles. The summed E-state index contributed by atoms with van der Waals surface area (Å²) in [5, 5.41) is 19.0. The monoisotopic (exact) mass is 364 g/mol. The zero-order chi connectivity index (χ0) is 19.1. The van der Waals surface area contributed by atoms with Crippen molar-refractivity contribution in [1.29, 1.82) is 0 Å². The predicted molar refractivity (Wildman–Crippen MR) is 94.5 cm³/mol. The minimum atomic E-state index is -1.57. The van der Waals surface area contributed by atoms with E-state index in [2.05, 4.69) is 4.98 Å². The number of hydrogen-bond donors (Lipinski definition) is 4. The molecule has 0 unspecified atom stereocenters. The highest BCUT2D eigenvalue weighted by atomic mass is 35.5. The number of rotatable bonds is 3. The van der Waals surface area contributed by atoms with E-state index in [1.807, 2.05) is 20.8 Å². The molecule has 5 N–H and O–H groups in total. The molecule has 7 nitrogen and oxygen atoms in total. The molecule has 0 aliphatic heterocycles. The van der Waals surface area contributed by atoms with E-state index in [9.17, 15) is 24.6 Å². The first kappa shape index (κ1) is 18.5. The van der Waals surface area contributed by atoms with Gasteiger partial charge in [-0.15, -0.1) is 0 Å². The third kappa shape index (κ3) is 3.36. The summed E-state index contributed by atoms with van der Waals surface area (Å²) in [5.41, 5.74) is 3.70. The number of aromatic carboxylic acids is 2. The first-order valence-electron chi connectivity index (χ1n) is 7.28. The fraction of sp³-hybridized carbons (Fsp3) is 0.235. The van der Waals surface area contributed by atoms with Crippen molar-refractivity contribution in [3.05, 3.63) is 50.3 Å². The Labute approximate surface area is 148 Å². The average molecular weight is 365 g/mol. The maximum absolute atomic E-state index is 12.1. The van der Waals surface area contributed by atoms with Gasteiger partial charge in [-0.25, -0.2) is 9.59 Å². The van der Waals surface area contributed by atoms with Gasteiger partial charge in [0.05, 0.1) is 0 Å². The summed E-state index contributed by atoms with van der Waals surface area (Å²) in [4.78, 5) is 37.4. The predicted octanol–water partition coefficient (Wildman–Crippen LogP) is 2.97. The molecule has 8 heteroatoms. The van der Waals surface area contributed by atoms with Crippen LogP contribution in [0.5, 0.6) is 0 Å². The van der Waals surface area contributed by atoms with Gasteiger partial charge < -0.3 is 20.9 Å². The summed E-state index contributed by atoms with van der Waals surface area (Å²) in [6, 6.07) is 4.87. The van der Waals surface area contributed by atoms with Crippen molar-refractivity contribution in [2.24, 2.45) is 0 Å². The molecule has 2 aromatic rings. The second kappa shape index (κ2) is 6.25. The molecule has 0 saturated heterocycles. The normalized spacial score (nSPS) is 11.4. The molecular formula is C17H17ClN2O5. The highest BCUT2D eigenvalue weighted by Gasteiger charge is 2.28. The smallest absolute Gasteiger partial charge is 0.342 e. The SMILES string of the molecule is CC(C)(C)c1ccc(Cl)c(-c2c(C(=O)O)c(N)[nH]c(=O)c2C(=O)O)c1. The highest BCUT2D eigenvalue weighted by Crippen LogP contribution is 2.37.